The van der Waals surface area contributed by atoms with Crippen LogP contribution in [0.5, 0.6) is 5.75 Å². The molecular formula is C40H49O2P. The lowest BCUT2D eigenvalue weighted by atomic mass is 9.73. The van der Waals surface area contributed by atoms with Crippen molar-refractivity contribution in [2.24, 2.45) is 0 Å². The van der Waals surface area contributed by atoms with Crippen molar-refractivity contribution in [2.45, 2.75) is 105 Å². The van der Waals surface area contributed by atoms with Crippen molar-refractivity contribution in [1.82, 2.24) is 0 Å². The zero-order valence-electron chi connectivity index (χ0n) is 28.3. The van der Waals surface area contributed by atoms with Crippen molar-refractivity contribution in [3.05, 3.63) is 101 Å². The maximum absolute atomic E-state index is 12.1. The van der Waals surface area contributed by atoms with E-state index in [1.807, 2.05) is 6.07 Å². The van der Waals surface area contributed by atoms with Crippen LogP contribution < -0.4 is 4.52 Å². The van der Waals surface area contributed by atoms with Gasteiger partial charge >= 0.3 is 8.69 Å². The molecule has 0 fully saturated rings. The maximum atomic E-state index is 12.1. The molecule has 0 aromatic heterocycles. The zero-order valence-corrected chi connectivity index (χ0v) is 29.2. The van der Waals surface area contributed by atoms with Crippen molar-refractivity contribution in [1.29, 1.82) is 0 Å². The Bertz CT molecular complexity index is 1620. The molecule has 0 amide bonds. The van der Waals surface area contributed by atoms with Gasteiger partial charge in [0.05, 0.1) is 0 Å². The van der Waals surface area contributed by atoms with Gasteiger partial charge < -0.3 is 4.52 Å². The van der Waals surface area contributed by atoms with E-state index < -0.39 is 0 Å². The average Bonchev–Trinajstić information content (AvgIpc) is 2.91. The van der Waals surface area contributed by atoms with Gasteiger partial charge in [-0.1, -0.05) is 150 Å². The molecule has 0 saturated carbocycles. The van der Waals surface area contributed by atoms with E-state index in [-0.39, 0.29) is 30.3 Å². The monoisotopic (exact) mass is 592 g/mol. The van der Waals surface area contributed by atoms with Crippen molar-refractivity contribution < 1.29 is 9.09 Å². The lowest BCUT2D eigenvalue weighted by Crippen LogP contribution is -2.18. The van der Waals surface area contributed by atoms with Crippen LogP contribution in [0, 0.1) is 0 Å². The number of hydrogen-bond donors (Lipinski definition) is 0. The minimum absolute atomic E-state index is 0.00238. The van der Waals surface area contributed by atoms with E-state index in [4.69, 9.17) is 4.52 Å². The van der Waals surface area contributed by atoms with Crippen LogP contribution in [0.3, 0.4) is 0 Å². The van der Waals surface area contributed by atoms with Gasteiger partial charge in [-0.15, -0.1) is 0 Å². The van der Waals surface area contributed by atoms with Crippen LogP contribution in [0.2, 0.25) is 0 Å². The van der Waals surface area contributed by atoms with E-state index in [1.165, 1.54) is 27.8 Å². The molecule has 0 atom stereocenters. The lowest BCUT2D eigenvalue weighted by molar-refractivity contribution is 0.525. The molecule has 0 aliphatic rings. The second-order valence-electron chi connectivity index (χ2n) is 15.9. The third kappa shape index (κ3) is 6.97. The Hall–Kier alpha value is -3.22. The first-order valence-electron chi connectivity index (χ1n) is 15.4. The maximum Gasteiger partial charge on any atom is 0.395 e. The van der Waals surface area contributed by atoms with Crippen LogP contribution in [0.4, 0.5) is 0 Å². The summed E-state index contributed by atoms with van der Waals surface area (Å²) < 4.78 is 18.0. The van der Waals surface area contributed by atoms with E-state index >= 15 is 0 Å². The second-order valence-corrected chi connectivity index (χ2v) is 16.2. The van der Waals surface area contributed by atoms with Crippen LogP contribution in [-0.2, 0) is 26.2 Å². The second kappa shape index (κ2) is 11.7. The SMILES string of the molecule is CC(C)(C)c1ccc(-c2c(OP=O)ccc(-c3ccccc3)c2-c2ccc(C(C)(C)C)cc2C(C)(C)C)c(C(C)(C)C)c1. The fraction of sp³-hybridized carbons (Fsp3) is 0.400. The molecule has 2 nitrogen and oxygen atoms in total. The Balaban J connectivity index is 2.27. The van der Waals surface area contributed by atoms with E-state index in [0.717, 1.165) is 27.8 Å². The predicted octanol–water partition coefficient (Wildman–Crippen LogP) is 12.5. The highest BCUT2D eigenvalue weighted by molar-refractivity contribution is 7.17. The van der Waals surface area contributed by atoms with Gasteiger partial charge in [0.15, 0.2) is 0 Å². The quantitative estimate of drug-likeness (QED) is 0.216. The molecule has 3 heteroatoms. The molecule has 0 saturated heterocycles. The van der Waals surface area contributed by atoms with Gasteiger partial charge in [-0.3, -0.25) is 0 Å². The summed E-state index contributed by atoms with van der Waals surface area (Å²) in [7, 11) is -0.376. The fourth-order valence-electron chi connectivity index (χ4n) is 5.80. The first-order valence-corrected chi connectivity index (χ1v) is 16.1. The van der Waals surface area contributed by atoms with Gasteiger partial charge in [-0.05, 0) is 78.3 Å². The van der Waals surface area contributed by atoms with Gasteiger partial charge in [0.2, 0.25) is 0 Å². The number of rotatable bonds is 5. The lowest BCUT2D eigenvalue weighted by Gasteiger charge is -2.31. The van der Waals surface area contributed by atoms with Crippen molar-refractivity contribution in [3.8, 4) is 39.1 Å². The topological polar surface area (TPSA) is 26.3 Å². The predicted molar refractivity (Wildman–Crippen MR) is 186 cm³/mol. The Morgan fingerprint density at radius 2 is 0.930 bits per heavy atom. The highest BCUT2D eigenvalue weighted by atomic mass is 31.1. The van der Waals surface area contributed by atoms with E-state index in [9.17, 15) is 4.57 Å². The summed E-state index contributed by atoms with van der Waals surface area (Å²) in [5.74, 6) is 0.611. The molecular weight excluding hydrogens is 543 g/mol. The summed E-state index contributed by atoms with van der Waals surface area (Å²) in [6.45, 7) is 27.2. The minimum atomic E-state index is -0.376. The molecule has 0 aliphatic heterocycles. The summed E-state index contributed by atoms with van der Waals surface area (Å²) in [6.07, 6.45) is 0. The summed E-state index contributed by atoms with van der Waals surface area (Å²) in [5.41, 5.74) is 11.5. The van der Waals surface area contributed by atoms with Gasteiger partial charge in [0.25, 0.3) is 0 Å². The summed E-state index contributed by atoms with van der Waals surface area (Å²) >= 11 is 0. The molecule has 43 heavy (non-hydrogen) atoms. The van der Waals surface area contributed by atoms with Crippen LogP contribution in [-0.4, -0.2) is 0 Å². The van der Waals surface area contributed by atoms with Crippen LogP contribution in [0.25, 0.3) is 33.4 Å². The molecule has 0 spiro atoms. The zero-order chi connectivity index (χ0) is 32.0. The molecule has 0 unspecified atom stereocenters. The van der Waals surface area contributed by atoms with Crippen molar-refractivity contribution in [2.75, 3.05) is 0 Å². The first-order chi connectivity index (χ1) is 19.8. The molecule has 4 rings (SSSR count). The summed E-state index contributed by atoms with van der Waals surface area (Å²) in [6, 6.07) is 28.5. The van der Waals surface area contributed by atoms with Gasteiger partial charge in [0.1, 0.15) is 5.75 Å². The Morgan fingerprint density at radius 1 is 0.488 bits per heavy atom. The normalized spacial score (nSPS) is 12.9. The van der Waals surface area contributed by atoms with Crippen LogP contribution in [0.1, 0.15) is 105 Å². The van der Waals surface area contributed by atoms with E-state index in [2.05, 4.69) is 156 Å². The molecule has 4 aromatic carbocycles. The van der Waals surface area contributed by atoms with Crippen LogP contribution in [0.15, 0.2) is 78.9 Å². The molecule has 0 aliphatic carbocycles. The fourth-order valence-corrected chi connectivity index (χ4v) is 6.04. The summed E-state index contributed by atoms with van der Waals surface area (Å²) in [4.78, 5) is 0. The standard InChI is InChI=1S/C40H49O2P/c1-37(2,3)27-18-20-30(32(24-27)39(7,8)9)35-29(26-16-14-13-15-17-26)22-23-34(42-43-41)36(35)31-21-19-28(38(4,5)6)25-33(31)40(10,11)12/h13-25H,1-12H3. The molecule has 0 heterocycles. The molecule has 0 bridgehead atoms. The van der Waals surface area contributed by atoms with Gasteiger partial charge in [-0.25, -0.2) is 4.57 Å². The molecule has 226 valence electrons. The van der Waals surface area contributed by atoms with Gasteiger partial charge in [-0.2, -0.15) is 0 Å². The largest absolute Gasteiger partial charge is 0.407 e. The highest BCUT2D eigenvalue weighted by Crippen LogP contribution is 2.51. The minimum Gasteiger partial charge on any atom is -0.407 e. The van der Waals surface area contributed by atoms with Gasteiger partial charge in [0, 0.05) is 11.1 Å². The molecule has 0 radical (unpaired) electrons. The third-order valence-electron chi connectivity index (χ3n) is 8.31. The van der Waals surface area contributed by atoms with Crippen LogP contribution >= 0.6 is 8.69 Å². The third-order valence-corrected chi connectivity index (χ3v) is 8.58. The van der Waals surface area contributed by atoms with E-state index in [1.54, 1.807) is 0 Å². The number of benzene rings is 4. The smallest absolute Gasteiger partial charge is 0.395 e. The summed E-state index contributed by atoms with van der Waals surface area (Å²) in [5, 5.41) is 0. The Labute approximate surface area is 262 Å². The first kappa shape index (κ1) is 32.7. The van der Waals surface area contributed by atoms with Crippen molar-refractivity contribution >= 4 is 8.69 Å². The van der Waals surface area contributed by atoms with E-state index in [0.29, 0.717) is 5.75 Å². The molecule has 0 N–H and O–H groups in total. The number of hydrogen-bond acceptors (Lipinski definition) is 2. The van der Waals surface area contributed by atoms with Crippen molar-refractivity contribution in [3.63, 3.8) is 0 Å². The molecule has 4 aromatic rings. The Kier molecular flexibility index (Phi) is 8.89. The highest BCUT2D eigenvalue weighted by Gasteiger charge is 2.30. The Morgan fingerprint density at radius 3 is 1.35 bits per heavy atom. The average molecular weight is 593 g/mol.